The number of nitrogens with zero attached hydrogens (tertiary/aromatic N) is 3. The summed E-state index contributed by atoms with van der Waals surface area (Å²) in [5, 5.41) is 10.8. The molecular formula is C41H48ClN9O3S. The Kier molecular flexibility index (Phi) is 13.9. The number of hydrogen-bond donors (Lipinski definition) is 6. The quantitative estimate of drug-likeness (QED) is 0.0844. The standard InChI is InChI=1S/C41H48ClN9O3S/c1-51-35(20-28-23-46-32-13-4-3-12-29(28)32)40(53)49-25-31-37(30(24-48-38(31)42)26-11-9-19-45-21-26)55-36-16-5-2-10-27(36)22-47-33(15-8-18-44)39(52)50-34(41(51)54)14-6-7-17-43/h2-5,9-13,16,19,21,23-24,33-35,46-47H,6-8,14-15,17-18,20,22,25,43-44H2,1H3,(H,49,53)(H,50,52)/t33-,34-,35-/m0/s1. The summed E-state index contributed by atoms with van der Waals surface area (Å²) in [5.41, 5.74) is 16.8. The summed E-state index contributed by atoms with van der Waals surface area (Å²) in [6.07, 6.45) is 10.0. The van der Waals surface area contributed by atoms with Crippen molar-refractivity contribution in [1.29, 1.82) is 0 Å². The van der Waals surface area contributed by atoms with E-state index in [1.807, 2.05) is 66.9 Å². The SMILES string of the molecule is CN1C(=O)[C@H](CCCCN)NC(=O)[C@H](CCCN)NCc2ccccc2Sc2c(-c3cccnc3)cnc(Cl)c2CNC(=O)[C@@H]1Cc1c[nH]c2ccccc12. The third-order valence-corrected chi connectivity index (χ3v) is 11.6. The number of pyridine rings is 2. The summed E-state index contributed by atoms with van der Waals surface area (Å²) in [4.78, 5) is 58.6. The highest BCUT2D eigenvalue weighted by atomic mass is 35.5. The van der Waals surface area contributed by atoms with Crippen molar-refractivity contribution in [2.75, 3.05) is 20.1 Å². The Labute approximate surface area is 330 Å². The van der Waals surface area contributed by atoms with Crippen molar-refractivity contribution in [3.05, 3.63) is 107 Å². The molecule has 8 N–H and O–H groups in total. The van der Waals surface area contributed by atoms with Crippen LogP contribution in [0.2, 0.25) is 5.15 Å². The van der Waals surface area contributed by atoms with Crippen LogP contribution in [0.15, 0.2) is 95.2 Å². The number of benzene rings is 2. The largest absolute Gasteiger partial charge is 0.361 e. The van der Waals surface area contributed by atoms with E-state index < -0.39 is 18.1 Å². The predicted octanol–water partition coefficient (Wildman–Crippen LogP) is 4.94. The molecule has 0 fully saturated rings. The third-order valence-electron chi connectivity index (χ3n) is 9.99. The van der Waals surface area contributed by atoms with E-state index in [0.29, 0.717) is 57.3 Å². The summed E-state index contributed by atoms with van der Waals surface area (Å²) >= 11 is 8.40. The maximum absolute atomic E-state index is 14.5. The van der Waals surface area contributed by atoms with Crippen LogP contribution in [0.1, 0.15) is 48.8 Å². The summed E-state index contributed by atoms with van der Waals surface area (Å²) in [5.74, 6) is -1.05. The Morgan fingerprint density at radius 2 is 1.67 bits per heavy atom. The van der Waals surface area contributed by atoms with Crippen LogP contribution < -0.4 is 27.4 Å². The highest BCUT2D eigenvalue weighted by Crippen LogP contribution is 2.41. The van der Waals surface area contributed by atoms with Gasteiger partial charge in [0.15, 0.2) is 0 Å². The normalized spacial score (nSPS) is 18.7. The van der Waals surface area contributed by atoms with Gasteiger partial charge in [0.25, 0.3) is 0 Å². The fourth-order valence-electron chi connectivity index (χ4n) is 6.88. The molecule has 2 aromatic carbocycles. The first-order chi connectivity index (χ1) is 26.8. The van der Waals surface area contributed by atoms with Gasteiger partial charge in [0.05, 0.1) is 6.04 Å². The molecule has 0 radical (unpaired) electrons. The van der Waals surface area contributed by atoms with Crippen LogP contribution in [0.3, 0.4) is 0 Å². The zero-order valence-electron chi connectivity index (χ0n) is 30.9. The van der Waals surface area contributed by atoms with Gasteiger partial charge >= 0.3 is 0 Å². The van der Waals surface area contributed by atoms with Crippen molar-refractivity contribution in [3.8, 4) is 11.1 Å². The molecule has 0 spiro atoms. The lowest BCUT2D eigenvalue weighted by molar-refractivity contribution is -0.142. The van der Waals surface area contributed by atoms with Gasteiger partial charge < -0.3 is 37.3 Å². The van der Waals surface area contributed by atoms with Gasteiger partial charge in [-0.05, 0) is 74.5 Å². The summed E-state index contributed by atoms with van der Waals surface area (Å²) in [7, 11) is 1.62. The van der Waals surface area contributed by atoms with Crippen LogP contribution in [-0.2, 0) is 33.9 Å². The molecule has 1 aliphatic rings. The molecule has 0 unspecified atom stereocenters. The number of likely N-dealkylation sites (N-methyl/N-ethyl adjacent to an activating group) is 1. The lowest BCUT2D eigenvalue weighted by Crippen LogP contribution is -2.57. The first-order valence-corrected chi connectivity index (χ1v) is 19.8. The van der Waals surface area contributed by atoms with Crippen LogP contribution in [0.25, 0.3) is 22.0 Å². The minimum Gasteiger partial charge on any atom is -0.361 e. The highest BCUT2D eigenvalue weighted by molar-refractivity contribution is 7.99. The monoisotopic (exact) mass is 781 g/mol. The zero-order chi connectivity index (χ0) is 38.7. The fraction of sp³-hybridized carbons (Fsp3) is 0.341. The van der Waals surface area contributed by atoms with Crippen LogP contribution in [0, 0.1) is 0 Å². The van der Waals surface area contributed by atoms with Gasteiger partial charge in [0, 0.05) is 88.7 Å². The van der Waals surface area contributed by atoms with Crippen molar-refractivity contribution in [2.24, 2.45) is 11.5 Å². The lowest BCUT2D eigenvalue weighted by atomic mass is 10.0. The average molecular weight is 782 g/mol. The van der Waals surface area contributed by atoms with E-state index in [4.69, 9.17) is 23.1 Å². The molecule has 0 saturated heterocycles. The van der Waals surface area contributed by atoms with E-state index in [1.165, 1.54) is 16.7 Å². The number of amides is 3. The van der Waals surface area contributed by atoms with Crippen LogP contribution in [0.5, 0.6) is 0 Å². The number of aromatic nitrogens is 3. The highest BCUT2D eigenvalue weighted by Gasteiger charge is 2.34. The first kappa shape index (κ1) is 39.9. The van der Waals surface area contributed by atoms with E-state index in [9.17, 15) is 14.4 Å². The van der Waals surface area contributed by atoms with E-state index in [2.05, 4.69) is 30.9 Å². The minimum absolute atomic E-state index is 0.0474. The Morgan fingerprint density at radius 1 is 0.891 bits per heavy atom. The van der Waals surface area contributed by atoms with Crippen LogP contribution in [0.4, 0.5) is 0 Å². The Hall–Kier alpha value is -4.79. The second-order valence-electron chi connectivity index (χ2n) is 13.7. The molecule has 6 rings (SSSR count). The van der Waals surface area contributed by atoms with Crippen molar-refractivity contribution in [3.63, 3.8) is 0 Å². The smallest absolute Gasteiger partial charge is 0.245 e. The molecule has 0 aliphatic carbocycles. The molecule has 4 heterocycles. The second-order valence-corrected chi connectivity index (χ2v) is 15.1. The molecular weight excluding hydrogens is 734 g/mol. The number of unbranched alkanes of at least 4 members (excludes halogenated alkanes) is 1. The minimum atomic E-state index is -0.937. The van der Waals surface area contributed by atoms with Gasteiger partial charge in [0.1, 0.15) is 17.2 Å². The van der Waals surface area contributed by atoms with Gasteiger partial charge in [-0.3, -0.25) is 19.4 Å². The number of nitrogens with one attached hydrogen (secondary N) is 4. The second kappa shape index (κ2) is 19.2. The zero-order valence-corrected chi connectivity index (χ0v) is 32.5. The summed E-state index contributed by atoms with van der Waals surface area (Å²) in [6.45, 7) is 1.28. The number of carbonyl (C=O) groups excluding carboxylic acids is 3. The van der Waals surface area contributed by atoms with Crippen molar-refractivity contribution < 1.29 is 14.4 Å². The number of para-hydroxylation sites is 1. The molecule has 3 aromatic heterocycles. The Bertz CT molecular complexity index is 2100. The number of hydrogen-bond acceptors (Lipinski definition) is 9. The summed E-state index contributed by atoms with van der Waals surface area (Å²) < 4.78 is 0. The van der Waals surface area contributed by atoms with Gasteiger partial charge in [-0.2, -0.15) is 0 Å². The third kappa shape index (κ3) is 9.72. The number of H-pyrrole nitrogens is 1. The maximum atomic E-state index is 14.5. The molecule has 3 amide bonds. The number of halogens is 1. The number of rotatable bonds is 10. The Morgan fingerprint density at radius 3 is 2.47 bits per heavy atom. The molecule has 0 bridgehead atoms. The molecule has 14 heteroatoms. The van der Waals surface area contributed by atoms with Crippen molar-refractivity contribution in [1.82, 2.24) is 35.8 Å². The maximum Gasteiger partial charge on any atom is 0.245 e. The van der Waals surface area contributed by atoms with Crippen LogP contribution in [-0.4, -0.2) is 75.8 Å². The van der Waals surface area contributed by atoms with E-state index in [0.717, 1.165) is 42.9 Å². The van der Waals surface area contributed by atoms with E-state index in [1.54, 1.807) is 25.6 Å². The molecule has 288 valence electrons. The van der Waals surface area contributed by atoms with Gasteiger partial charge in [0.2, 0.25) is 17.7 Å². The van der Waals surface area contributed by atoms with Crippen LogP contribution >= 0.6 is 23.4 Å². The van der Waals surface area contributed by atoms with Crippen molar-refractivity contribution in [2.45, 2.75) is 79.5 Å². The average Bonchev–Trinajstić information content (AvgIpc) is 3.62. The molecule has 55 heavy (non-hydrogen) atoms. The predicted molar refractivity (Wildman–Crippen MR) is 217 cm³/mol. The topological polar surface area (TPSA) is 184 Å². The number of nitrogens with two attached hydrogens (primary N) is 2. The molecule has 5 aromatic rings. The first-order valence-electron chi connectivity index (χ1n) is 18.7. The number of carbonyl (C=O) groups is 3. The fourth-order valence-corrected chi connectivity index (χ4v) is 8.36. The Balaban J connectivity index is 1.46. The summed E-state index contributed by atoms with van der Waals surface area (Å²) in [6, 6.07) is 17.1. The molecule has 0 saturated carbocycles. The van der Waals surface area contributed by atoms with Gasteiger partial charge in [-0.15, -0.1) is 0 Å². The van der Waals surface area contributed by atoms with Crippen molar-refractivity contribution >= 4 is 52.0 Å². The van der Waals surface area contributed by atoms with E-state index >= 15 is 0 Å². The molecule has 12 nitrogen and oxygen atoms in total. The van der Waals surface area contributed by atoms with Gasteiger partial charge in [-0.1, -0.05) is 65.8 Å². The molecule has 3 atom stereocenters. The van der Waals surface area contributed by atoms with Gasteiger partial charge in [-0.25, -0.2) is 4.98 Å². The lowest BCUT2D eigenvalue weighted by Gasteiger charge is -2.32. The number of aromatic amines is 1. The van der Waals surface area contributed by atoms with E-state index in [-0.39, 0.29) is 35.8 Å². The molecule has 1 aliphatic heterocycles. The number of fused-ring (bicyclic) bond motifs is 3.